The summed E-state index contributed by atoms with van der Waals surface area (Å²) < 4.78 is 6.92. The van der Waals surface area contributed by atoms with Crippen molar-refractivity contribution in [1.29, 1.82) is 0 Å². The van der Waals surface area contributed by atoms with Gasteiger partial charge in [0.2, 0.25) is 11.8 Å². The number of anilines is 1. The molecule has 0 aliphatic carbocycles. The first-order chi connectivity index (χ1) is 16.5. The molecule has 1 unspecified atom stereocenters. The predicted molar refractivity (Wildman–Crippen MR) is 130 cm³/mol. The molecule has 1 N–H and O–H groups in total. The molecule has 0 bridgehead atoms. The normalized spacial score (nSPS) is 15.1. The smallest absolute Gasteiger partial charge is 0.267 e. The molecule has 3 heterocycles. The lowest BCUT2D eigenvalue weighted by Gasteiger charge is -2.31. The molecule has 4 rings (SSSR count). The number of nitrogens with one attached hydrogen (secondary N) is 1. The van der Waals surface area contributed by atoms with E-state index in [0.29, 0.717) is 11.6 Å². The van der Waals surface area contributed by atoms with Crippen LogP contribution in [-0.2, 0) is 4.79 Å². The van der Waals surface area contributed by atoms with Gasteiger partial charge in [-0.3, -0.25) is 9.59 Å². The third-order valence-corrected chi connectivity index (χ3v) is 6.03. The lowest BCUT2D eigenvalue weighted by molar-refractivity contribution is -0.124. The Balaban J connectivity index is 1.30. The second kappa shape index (κ2) is 10.9. The van der Waals surface area contributed by atoms with Crippen LogP contribution < -0.4 is 20.5 Å². The molecule has 1 atom stereocenters. The maximum absolute atomic E-state index is 12.6. The molecule has 3 aromatic rings. The lowest BCUT2D eigenvalue weighted by atomic mass is 9.99. The van der Waals surface area contributed by atoms with E-state index < -0.39 is 6.04 Å². The van der Waals surface area contributed by atoms with Crippen molar-refractivity contribution < 1.29 is 9.53 Å². The van der Waals surface area contributed by atoms with Crippen LogP contribution in [0, 0.1) is 5.92 Å². The van der Waals surface area contributed by atoms with Gasteiger partial charge in [0.05, 0.1) is 12.2 Å². The van der Waals surface area contributed by atoms with Crippen LogP contribution in [-0.4, -0.2) is 51.9 Å². The quantitative estimate of drug-likeness (QED) is 0.514. The molecule has 1 fully saturated rings. The number of hydrogen-bond donors (Lipinski definition) is 1. The van der Waals surface area contributed by atoms with Gasteiger partial charge < -0.3 is 15.0 Å². The number of aromatic nitrogens is 4. The highest BCUT2D eigenvalue weighted by atomic mass is 16.5. The van der Waals surface area contributed by atoms with Gasteiger partial charge in [-0.15, -0.1) is 0 Å². The van der Waals surface area contributed by atoms with Crippen molar-refractivity contribution in [2.75, 3.05) is 31.1 Å². The van der Waals surface area contributed by atoms with Crippen molar-refractivity contribution in [3.8, 4) is 17.1 Å². The van der Waals surface area contributed by atoms with Gasteiger partial charge in [-0.1, -0.05) is 37.3 Å². The Morgan fingerprint density at radius 2 is 1.91 bits per heavy atom. The summed E-state index contributed by atoms with van der Waals surface area (Å²) in [5.41, 5.74) is 1.17. The molecule has 9 nitrogen and oxygen atoms in total. The molecular weight excluding hydrogens is 432 g/mol. The lowest BCUT2D eigenvalue weighted by Crippen LogP contribution is -2.38. The Labute approximate surface area is 198 Å². The number of nitrogens with zero attached hydrogens (tertiary/aromatic N) is 5. The highest BCUT2D eigenvalue weighted by Gasteiger charge is 2.19. The predicted octanol–water partition coefficient (Wildman–Crippen LogP) is 2.69. The minimum absolute atomic E-state index is 0.248. The molecule has 1 amide bonds. The summed E-state index contributed by atoms with van der Waals surface area (Å²) in [4.78, 5) is 35.7. The summed E-state index contributed by atoms with van der Waals surface area (Å²) in [6.07, 6.45) is 3.80. The second-order valence-corrected chi connectivity index (χ2v) is 8.57. The first-order valence-corrected chi connectivity index (χ1v) is 11.6. The number of amides is 1. The van der Waals surface area contributed by atoms with E-state index in [1.165, 1.54) is 17.1 Å². The fraction of sp³-hybridized carbons (Fsp3) is 0.400. The molecule has 1 aliphatic heterocycles. The maximum Gasteiger partial charge on any atom is 0.267 e. The van der Waals surface area contributed by atoms with E-state index >= 15 is 0 Å². The van der Waals surface area contributed by atoms with Crippen LogP contribution in [0.15, 0.2) is 59.7 Å². The number of hydrogen-bond acceptors (Lipinski definition) is 7. The number of ether oxygens (including phenoxy) is 1. The maximum atomic E-state index is 12.6. The number of carbonyl (C=O) groups is 1. The third kappa shape index (κ3) is 5.78. The van der Waals surface area contributed by atoms with Crippen LogP contribution in [0.2, 0.25) is 0 Å². The Bertz CT molecular complexity index is 1160. The van der Waals surface area contributed by atoms with Gasteiger partial charge >= 0.3 is 0 Å². The average molecular weight is 463 g/mol. The average Bonchev–Trinajstić information content (AvgIpc) is 2.87. The molecule has 1 aromatic carbocycles. The van der Waals surface area contributed by atoms with Gasteiger partial charge in [-0.05, 0) is 31.7 Å². The van der Waals surface area contributed by atoms with Crippen LogP contribution >= 0.6 is 0 Å². The number of piperidine rings is 1. The van der Waals surface area contributed by atoms with Crippen molar-refractivity contribution in [1.82, 2.24) is 25.1 Å². The largest absolute Gasteiger partial charge is 0.476 e. The molecule has 9 heteroatoms. The zero-order valence-corrected chi connectivity index (χ0v) is 19.6. The highest BCUT2D eigenvalue weighted by Crippen LogP contribution is 2.23. The standard InChI is InChI=1S/C25H30N6O3/c1-18-10-13-30(14-11-18)22-16-23(28-17-27-22)34-15-12-26-25(33)19(2)31-24(32)9-8-21(29-31)20-6-4-3-5-7-20/h3-9,16-19H,10-15H2,1-2H3,(H,26,33). The molecule has 2 aromatic heterocycles. The van der Waals surface area contributed by atoms with Crippen molar-refractivity contribution in [3.63, 3.8) is 0 Å². The first-order valence-electron chi connectivity index (χ1n) is 11.6. The molecule has 0 radical (unpaired) electrons. The first kappa shape index (κ1) is 23.4. The van der Waals surface area contributed by atoms with Crippen LogP contribution in [0.1, 0.15) is 32.7 Å². The van der Waals surface area contributed by atoms with Gasteiger partial charge in [0.25, 0.3) is 5.56 Å². The molecule has 0 saturated carbocycles. The van der Waals surface area contributed by atoms with E-state index in [9.17, 15) is 9.59 Å². The van der Waals surface area contributed by atoms with Crippen molar-refractivity contribution in [2.24, 2.45) is 5.92 Å². The van der Waals surface area contributed by atoms with E-state index in [1.807, 2.05) is 36.4 Å². The van der Waals surface area contributed by atoms with Crippen LogP contribution in [0.3, 0.4) is 0 Å². The summed E-state index contributed by atoms with van der Waals surface area (Å²) in [6, 6.07) is 13.7. The van der Waals surface area contributed by atoms with Gasteiger partial charge in [-0.2, -0.15) is 5.10 Å². The third-order valence-electron chi connectivity index (χ3n) is 6.03. The molecule has 34 heavy (non-hydrogen) atoms. The van der Waals surface area contributed by atoms with E-state index in [4.69, 9.17) is 4.74 Å². The van der Waals surface area contributed by atoms with Gasteiger partial charge in [0, 0.05) is 30.8 Å². The van der Waals surface area contributed by atoms with Crippen molar-refractivity contribution in [2.45, 2.75) is 32.7 Å². The minimum Gasteiger partial charge on any atom is -0.476 e. The van der Waals surface area contributed by atoms with Crippen molar-refractivity contribution in [3.05, 3.63) is 65.2 Å². The second-order valence-electron chi connectivity index (χ2n) is 8.57. The summed E-state index contributed by atoms with van der Waals surface area (Å²) in [5, 5.41) is 7.19. The van der Waals surface area contributed by atoms with E-state index in [-0.39, 0.29) is 24.6 Å². The topological polar surface area (TPSA) is 102 Å². The monoisotopic (exact) mass is 462 g/mol. The van der Waals surface area contributed by atoms with Gasteiger partial charge in [0.1, 0.15) is 24.8 Å². The zero-order chi connectivity index (χ0) is 23.9. The SMILES string of the molecule is CC1CCN(c2cc(OCCNC(=O)C(C)n3nc(-c4ccccc4)ccc3=O)ncn2)CC1. The Hall–Kier alpha value is -3.75. The fourth-order valence-corrected chi connectivity index (χ4v) is 3.87. The van der Waals surface area contributed by atoms with Crippen LogP contribution in [0.5, 0.6) is 5.88 Å². The van der Waals surface area contributed by atoms with Crippen LogP contribution in [0.4, 0.5) is 5.82 Å². The number of rotatable bonds is 8. The van der Waals surface area contributed by atoms with E-state index in [1.54, 1.807) is 13.0 Å². The number of carbonyl (C=O) groups excluding carboxylic acids is 1. The molecule has 1 aliphatic rings. The summed E-state index contributed by atoms with van der Waals surface area (Å²) in [6.45, 7) is 6.40. The Kier molecular flexibility index (Phi) is 7.51. The minimum atomic E-state index is -0.761. The van der Waals surface area contributed by atoms with Gasteiger partial charge in [-0.25, -0.2) is 14.6 Å². The Morgan fingerprint density at radius 1 is 1.15 bits per heavy atom. The fourth-order valence-electron chi connectivity index (χ4n) is 3.87. The van der Waals surface area contributed by atoms with E-state index in [2.05, 4.69) is 32.2 Å². The Morgan fingerprint density at radius 3 is 2.68 bits per heavy atom. The van der Waals surface area contributed by atoms with Crippen LogP contribution in [0.25, 0.3) is 11.3 Å². The summed E-state index contributed by atoms with van der Waals surface area (Å²) in [5.74, 6) is 1.76. The summed E-state index contributed by atoms with van der Waals surface area (Å²) >= 11 is 0. The van der Waals surface area contributed by atoms with Crippen molar-refractivity contribution >= 4 is 11.7 Å². The molecule has 1 saturated heterocycles. The summed E-state index contributed by atoms with van der Waals surface area (Å²) in [7, 11) is 0. The van der Waals surface area contributed by atoms with Gasteiger partial charge in [0.15, 0.2) is 0 Å². The molecule has 178 valence electrons. The number of benzene rings is 1. The molecular formula is C25H30N6O3. The van der Waals surface area contributed by atoms with E-state index in [0.717, 1.165) is 43.2 Å². The zero-order valence-electron chi connectivity index (χ0n) is 19.6. The highest BCUT2D eigenvalue weighted by molar-refractivity contribution is 5.79. The molecule has 0 spiro atoms.